The minimum Gasteiger partial charge on any atom is -0.479 e. The Morgan fingerprint density at radius 2 is 2.00 bits per heavy atom. The van der Waals surface area contributed by atoms with Crippen LogP contribution < -0.4 is 0 Å². The fraction of sp³-hybridized carbons (Fsp3) is 0.900. The van der Waals surface area contributed by atoms with Crippen LogP contribution in [0, 0.1) is 0 Å². The maximum Gasteiger partial charge on any atom is 0.334 e. The van der Waals surface area contributed by atoms with Crippen LogP contribution in [0.5, 0.6) is 0 Å². The molecule has 0 heterocycles. The standard InChI is InChI=1S/C10H21NO3/c1-5-11(8(3)4)7-9(10(12)13)14-6-2/h8-9H,5-7H2,1-4H3,(H,12,13). The van der Waals surface area contributed by atoms with Crippen molar-refractivity contribution in [1.29, 1.82) is 0 Å². The van der Waals surface area contributed by atoms with Crippen molar-refractivity contribution in [2.24, 2.45) is 0 Å². The second-order valence-corrected chi connectivity index (χ2v) is 3.46. The van der Waals surface area contributed by atoms with Gasteiger partial charge in [0.05, 0.1) is 0 Å². The SMILES string of the molecule is CCOC(CN(CC)C(C)C)C(=O)O. The van der Waals surface area contributed by atoms with E-state index < -0.39 is 12.1 Å². The van der Waals surface area contributed by atoms with E-state index in [2.05, 4.69) is 4.90 Å². The molecule has 0 saturated heterocycles. The molecule has 14 heavy (non-hydrogen) atoms. The van der Waals surface area contributed by atoms with Crippen molar-refractivity contribution in [2.45, 2.75) is 39.8 Å². The number of ether oxygens (including phenoxy) is 1. The molecule has 4 nitrogen and oxygen atoms in total. The molecule has 0 bridgehead atoms. The minimum atomic E-state index is -0.883. The summed E-state index contributed by atoms with van der Waals surface area (Å²) in [5.41, 5.74) is 0. The zero-order chi connectivity index (χ0) is 11.1. The van der Waals surface area contributed by atoms with E-state index in [-0.39, 0.29) is 0 Å². The third-order valence-electron chi connectivity index (χ3n) is 2.18. The second-order valence-electron chi connectivity index (χ2n) is 3.46. The molecule has 0 aromatic rings. The van der Waals surface area contributed by atoms with Crippen LogP contribution in [0.3, 0.4) is 0 Å². The van der Waals surface area contributed by atoms with Crippen LogP contribution in [0.2, 0.25) is 0 Å². The lowest BCUT2D eigenvalue weighted by Crippen LogP contribution is -2.42. The van der Waals surface area contributed by atoms with Gasteiger partial charge in [-0.1, -0.05) is 6.92 Å². The van der Waals surface area contributed by atoms with Crippen molar-refractivity contribution < 1.29 is 14.6 Å². The predicted molar refractivity (Wildman–Crippen MR) is 55.4 cm³/mol. The summed E-state index contributed by atoms with van der Waals surface area (Å²) in [6.07, 6.45) is -0.706. The van der Waals surface area contributed by atoms with Gasteiger partial charge >= 0.3 is 5.97 Å². The maximum atomic E-state index is 10.8. The normalized spacial score (nSPS) is 13.6. The summed E-state index contributed by atoms with van der Waals surface area (Å²) >= 11 is 0. The van der Waals surface area contributed by atoms with Crippen LogP contribution in [0.4, 0.5) is 0 Å². The van der Waals surface area contributed by atoms with E-state index >= 15 is 0 Å². The molecule has 0 amide bonds. The van der Waals surface area contributed by atoms with E-state index in [9.17, 15) is 4.79 Å². The molecule has 84 valence electrons. The Morgan fingerprint density at radius 1 is 1.43 bits per heavy atom. The molecule has 0 aliphatic carbocycles. The number of carboxylic acid groups (broad SMARTS) is 1. The van der Waals surface area contributed by atoms with Gasteiger partial charge < -0.3 is 9.84 Å². The molecule has 0 aliphatic rings. The summed E-state index contributed by atoms with van der Waals surface area (Å²) in [6.45, 7) is 9.66. The molecule has 0 saturated carbocycles. The molecule has 1 N–H and O–H groups in total. The van der Waals surface area contributed by atoms with Crippen LogP contribution in [0.1, 0.15) is 27.7 Å². The van der Waals surface area contributed by atoms with E-state index in [0.717, 1.165) is 6.54 Å². The molecule has 1 unspecified atom stereocenters. The van der Waals surface area contributed by atoms with Gasteiger partial charge in [0, 0.05) is 19.2 Å². The number of rotatable bonds is 7. The van der Waals surface area contributed by atoms with E-state index in [1.165, 1.54) is 0 Å². The lowest BCUT2D eigenvalue weighted by atomic mass is 10.2. The average molecular weight is 203 g/mol. The molecule has 0 aliphatic heterocycles. The number of aliphatic carboxylic acids is 1. The second kappa shape index (κ2) is 6.79. The maximum absolute atomic E-state index is 10.8. The van der Waals surface area contributed by atoms with Crippen molar-refractivity contribution in [3.63, 3.8) is 0 Å². The van der Waals surface area contributed by atoms with Gasteiger partial charge in [-0.2, -0.15) is 0 Å². The van der Waals surface area contributed by atoms with Gasteiger partial charge in [-0.25, -0.2) is 4.79 Å². The number of hydrogen-bond acceptors (Lipinski definition) is 3. The van der Waals surface area contributed by atoms with Gasteiger partial charge in [0.1, 0.15) is 0 Å². The van der Waals surface area contributed by atoms with Gasteiger partial charge in [0.2, 0.25) is 0 Å². The minimum absolute atomic E-state index is 0.349. The highest BCUT2D eigenvalue weighted by Crippen LogP contribution is 2.02. The van der Waals surface area contributed by atoms with Crippen LogP contribution in [-0.4, -0.2) is 47.8 Å². The summed E-state index contributed by atoms with van der Waals surface area (Å²) in [6, 6.07) is 0.349. The number of nitrogens with zero attached hydrogens (tertiary/aromatic N) is 1. The van der Waals surface area contributed by atoms with E-state index in [1.54, 1.807) is 0 Å². The first kappa shape index (κ1) is 13.4. The van der Waals surface area contributed by atoms with Crippen molar-refractivity contribution >= 4 is 5.97 Å². The quantitative estimate of drug-likeness (QED) is 0.675. The number of hydrogen-bond donors (Lipinski definition) is 1. The highest BCUT2D eigenvalue weighted by atomic mass is 16.5. The first-order chi connectivity index (χ1) is 6.52. The first-order valence-electron chi connectivity index (χ1n) is 5.11. The van der Waals surface area contributed by atoms with Crippen LogP contribution >= 0.6 is 0 Å². The van der Waals surface area contributed by atoms with Crippen LogP contribution in [-0.2, 0) is 9.53 Å². The Hall–Kier alpha value is -0.610. The summed E-state index contributed by atoms with van der Waals surface area (Å²) in [5, 5.41) is 8.88. The first-order valence-corrected chi connectivity index (χ1v) is 5.11. The highest BCUT2D eigenvalue weighted by molar-refractivity contribution is 5.72. The molecule has 0 aromatic heterocycles. The van der Waals surface area contributed by atoms with Gasteiger partial charge in [-0.15, -0.1) is 0 Å². The number of carbonyl (C=O) groups is 1. The molecule has 0 fully saturated rings. The summed E-state index contributed by atoms with van der Waals surface area (Å²) in [4.78, 5) is 12.9. The van der Waals surface area contributed by atoms with Crippen LogP contribution in [0.25, 0.3) is 0 Å². The Kier molecular flexibility index (Phi) is 6.49. The third-order valence-corrected chi connectivity index (χ3v) is 2.18. The number of carboxylic acids is 1. The molecule has 0 radical (unpaired) electrons. The average Bonchev–Trinajstić information content (AvgIpc) is 2.11. The smallest absolute Gasteiger partial charge is 0.334 e. The zero-order valence-electron chi connectivity index (χ0n) is 9.49. The Labute approximate surface area is 85.9 Å². The Morgan fingerprint density at radius 3 is 2.29 bits per heavy atom. The molecule has 0 aromatic carbocycles. The van der Waals surface area contributed by atoms with Gasteiger partial charge in [0.25, 0.3) is 0 Å². The van der Waals surface area contributed by atoms with Crippen molar-refractivity contribution in [1.82, 2.24) is 4.90 Å². The zero-order valence-corrected chi connectivity index (χ0v) is 9.49. The van der Waals surface area contributed by atoms with E-state index in [4.69, 9.17) is 9.84 Å². The predicted octanol–water partition coefficient (Wildman–Crippen LogP) is 1.21. The highest BCUT2D eigenvalue weighted by Gasteiger charge is 2.21. The van der Waals surface area contributed by atoms with Crippen LogP contribution in [0.15, 0.2) is 0 Å². The van der Waals surface area contributed by atoms with Gasteiger partial charge in [0.15, 0.2) is 6.10 Å². The van der Waals surface area contributed by atoms with Crippen molar-refractivity contribution in [3.8, 4) is 0 Å². The molecule has 1 atom stereocenters. The van der Waals surface area contributed by atoms with Crippen molar-refractivity contribution in [2.75, 3.05) is 19.7 Å². The Bertz CT molecular complexity index is 171. The lowest BCUT2D eigenvalue weighted by molar-refractivity contribution is -0.151. The molecular weight excluding hydrogens is 182 g/mol. The number of likely N-dealkylation sites (N-methyl/N-ethyl adjacent to an activating group) is 1. The van der Waals surface area contributed by atoms with Crippen molar-refractivity contribution in [3.05, 3.63) is 0 Å². The molecular formula is C10H21NO3. The lowest BCUT2D eigenvalue weighted by Gasteiger charge is -2.27. The van der Waals surface area contributed by atoms with E-state index in [0.29, 0.717) is 19.2 Å². The fourth-order valence-electron chi connectivity index (χ4n) is 1.32. The monoisotopic (exact) mass is 203 g/mol. The fourth-order valence-corrected chi connectivity index (χ4v) is 1.32. The Balaban J connectivity index is 4.18. The van der Waals surface area contributed by atoms with Gasteiger partial charge in [-0.05, 0) is 27.3 Å². The largest absolute Gasteiger partial charge is 0.479 e. The summed E-state index contributed by atoms with van der Waals surface area (Å²) in [7, 11) is 0. The van der Waals surface area contributed by atoms with Gasteiger partial charge in [-0.3, -0.25) is 4.90 Å². The summed E-state index contributed by atoms with van der Waals surface area (Å²) < 4.78 is 5.14. The van der Waals surface area contributed by atoms with E-state index in [1.807, 2.05) is 27.7 Å². The molecule has 0 rings (SSSR count). The molecule has 0 spiro atoms. The topological polar surface area (TPSA) is 49.8 Å². The molecule has 4 heteroatoms. The summed E-state index contributed by atoms with van der Waals surface area (Å²) in [5.74, 6) is -0.883. The third kappa shape index (κ3) is 4.58.